The van der Waals surface area contributed by atoms with Crippen LogP contribution in [0.3, 0.4) is 0 Å². The second-order valence-electron chi connectivity index (χ2n) is 17.6. The lowest BCUT2D eigenvalue weighted by molar-refractivity contribution is -0.136. The average Bonchev–Trinajstić information content (AvgIpc) is 3.30. The fourth-order valence-electron chi connectivity index (χ4n) is 6.40. The summed E-state index contributed by atoms with van der Waals surface area (Å²) in [5.74, 6) is -9.12. The Hall–Kier alpha value is -6.28. The smallest absolute Gasteiger partial charge is 0.245 e. The van der Waals surface area contributed by atoms with E-state index in [-0.39, 0.29) is 25.7 Å². The molecule has 12 unspecified atom stereocenters. The van der Waals surface area contributed by atoms with E-state index in [4.69, 9.17) is 34.4 Å². The molecule has 0 aliphatic carbocycles. The summed E-state index contributed by atoms with van der Waals surface area (Å²) in [6.07, 6.45) is -3.01. The summed E-state index contributed by atoms with van der Waals surface area (Å²) in [7, 11) is 0. The molecular weight excluding hydrogens is 981 g/mol. The van der Waals surface area contributed by atoms with Gasteiger partial charge in [0.2, 0.25) is 59.1 Å². The Labute approximate surface area is 429 Å². The van der Waals surface area contributed by atoms with E-state index in [1.807, 2.05) is 0 Å². The number of carbonyl (C=O) groups is 12. The first-order valence-corrected chi connectivity index (χ1v) is 24.0. The molecular formula is C44H82N14O16. The molecule has 0 aromatic carbocycles. The topological polar surface area (TPSA) is 538 Å². The highest BCUT2D eigenvalue weighted by Gasteiger charge is 2.34. The summed E-state index contributed by atoms with van der Waals surface area (Å²) in [4.78, 5) is 146. The third kappa shape index (κ3) is 30.0. The molecule has 0 fully saturated rings. The minimum Gasteiger partial charge on any atom is -0.391 e. The number of nitrogens with two attached hydrogens (primary N) is 6. The molecule has 0 aliphatic rings. The van der Waals surface area contributed by atoms with Gasteiger partial charge in [0.15, 0.2) is 11.6 Å². The molecule has 0 bridgehead atoms. The number of Topliss-reactive ketones (excluding diaryl/α,β-unsaturated/α-hetero) is 2. The molecule has 424 valence electrons. The molecule has 0 radical (unpaired) electrons. The summed E-state index contributed by atoms with van der Waals surface area (Å²) in [5, 5.41) is 57.9. The highest BCUT2D eigenvalue weighted by Crippen LogP contribution is 2.06. The number of aliphatic hydroxyl groups is 4. The van der Waals surface area contributed by atoms with E-state index < -0.39 is 156 Å². The number of hydrogen-bond donors (Lipinski definition) is 18. The first-order valence-electron chi connectivity index (χ1n) is 24.0. The third-order valence-electron chi connectivity index (χ3n) is 10.7. The number of unbranched alkanes of at least 4 members (excludes halogenated alkanes) is 2. The Morgan fingerprint density at radius 3 is 0.946 bits per heavy atom. The second-order valence-corrected chi connectivity index (χ2v) is 17.6. The van der Waals surface area contributed by atoms with Crippen LogP contribution in [0.4, 0.5) is 0 Å². The van der Waals surface area contributed by atoms with Gasteiger partial charge >= 0.3 is 0 Å². The van der Waals surface area contributed by atoms with Gasteiger partial charge in [-0.05, 0) is 93.2 Å². The SMILES string of the molecule is CC(=O)C(NC(=O)C(CCC(N)=O)NC(=O)C(NC(=O)CNC(=O)C(N)CCCCN)C(C)O)C(C)O.CC(=O)C(NC(=O)C(CCC(N)=O)NC(=O)C(NC(=O)CNC(=O)C(N)CCCCN)C(C)O)C(C)O. The number of carbonyl (C=O) groups excluding carboxylic acids is 12. The van der Waals surface area contributed by atoms with E-state index in [0.29, 0.717) is 51.6 Å². The first kappa shape index (κ1) is 69.8. The third-order valence-corrected chi connectivity index (χ3v) is 10.7. The number of rotatable bonds is 36. The van der Waals surface area contributed by atoms with Gasteiger partial charge in [-0.2, -0.15) is 0 Å². The minimum atomic E-state index is -1.54. The van der Waals surface area contributed by atoms with Crippen LogP contribution < -0.4 is 76.9 Å². The Bertz CT molecular complexity index is 1740. The van der Waals surface area contributed by atoms with Gasteiger partial charge in [-0.25, -0.2) is 0 Å². The summed E-state index contributed by atoms with van der Waals surface area (Å²) in [6.45, 7) is 7.18. The van der Waals surface area contributed by atoms with Crippen molar-refractivity contribution in [1.82, 2.24) is 42.5 Å². The maximum absolute atomic E-state index is 12.8. The number of ketones is 2. The number of hydrogen-bond acceptors (Lipinski definition) is 20. The summed E-state index contributed by atoms with van der Waals surface area (Å²) in [6, 6.07) is -10.1. The lowest BCUT2D eigenvalue weighted by atomic mass is 10.0. The van der Waals surface area contributed by atoms with Crippen LogP contribution in [0.1, 0.15) is 106 Å². The maximum Gasteiger partial charge on any atom is 0.245 e. The summed E-state index contributed by atoms with van der Waals surface area (Å²) < 4.78 is 0. The molecule has 0 aliphatic heterocycles. The van der Waals surface area contributed by atoms with Crippen LogP contribution in [-0.2, 0) is 57.5 Å². The Kier molecular flexibility index (Phi) is 35.3. The molecule has 0 aromatic heterocycles. The van der Waals surface area contributed by atoms with Gasteiger partial charge in [0.05, 0.1) is 49.6 Å². The van der Waals surface area contributed by atoms with Crippen molar-refractivity contribution in [3.8, 4) is 0 Å². The van der Waals surface area contributed by atoms with Crippen LogP contribution in [0.15, 0.2) is 0 Å². The highest BCUT2D eigenvalue weighted by atomic mass is 16.3. The van der Waals surface area contributed by atoms with Gasteiger partial charge in [-0.1, -0.05) is 12.8 Å². The zero-order valence-corrected chi connectivity index (χ0v) is 43.0. The fourth-order valence-corrected chi connectivity index (χ4v) is 6.40. The van der Waals surface area contributed by atoms with Crippen molar-refractivity contribution in [2.45, 2.75) is 179 Å². The van der Waals surface area contributed by atoms with E-state index in [2.05, 4.69) is 42.5 Å². The van der Waals surface area contributed by atoms with Gasteiger partial charge in [0, 0.05) is 12.8 Å². The van der Waals surface area contributed by atoms with Gasteiger partial charge in [-0.15, -0.1) is 0 Å². The number of aliphatic hydroxyl groups excluding tert-OH is 4. The lowest BCUT2D eigenvalue weighted by Crippen LogP contribution is -2.59. The Balaban J connectivity index is 0. The van der Waals surface area contributed by atoms with Crippen molar-refractivity contribution in [2.75, 3.05) is 26.2 Å². The van der Waals surface area contributed by atoms with E-state index >= 15 is 0 Å². The van der Waals surface area contributed by atoms with Crippen molar-refractivity contribution < 1.29 is 78.0 Å². The van der Waals surface area contributed by atoms with Crippen LogP contribution in [0, 0.1) is 0 Å². The van der Waals surface area contributed by atoms with Crippen LogP contribution in [-0.4, -0.2) is 190 Å². The molecule has 30 heteroatoms. The second kappa shape index (κ2) is 37.5. The molecule has 0 rings (SSSR count). The van der Waals surface area contributed by atoms with E-state index in [0.717, 1.165) is 13.8 Å². The van der Waals surface area contributed by atoms with Crippen LogP contribution >= 0.6 is 0 Å². The van der Waals surface area contributed by atoms with E-state index in [9.17, 15) is 78.0 Å². The molecule has 0 aromatic rings. The van der Waals surface area contributed by atoms with Crippen molar-refractivity contribution in [3.05, 3.63) is 0 Å². The first-order chi connectivity index (χ1) is 34.4. The highest BCUT2D eigenvalue weighted by molar-refractivity contribution is 5.97. The molecule has 30 nitrogen and oxygen atoms in total. The van der Waals surface area contributed by atoms with Gasteiger partial charge < -0.3 is 97.4 Å². The minimum absolute atomic E-state index is 0.254. The van der Waals surface area contributed by atoms with Crippen LogP contribution in [0.25, 0.3) is 0 Å². The van der Waals surface area contributed by atoms with Crippen molar-refractivity contribution in [3.63, 3.8) is 0 Å². The summed E-state index contributed by atoms with van der Waals surface area (Å²) in [5.41, 5.74) is 32.6. The molecule has 0 spiro atoms. The molecule has 0 heterocycles. The largest absolute Gasteiger partial charge is 0.391 e. The fraction of sp³-hybridized carbons (Fsp3) is 0.727. The van der Waals surface area contributed by atoms with Gasteiger partial charge in [-0.3, -0.25) is 57.5 Å². The molecule has 0 saturated carbocycles. The van der Waals surface area contributed by atoms with E-state index in [1.165, 1.54) is 27.7 Å². The summed E-state index contributed by atoms with van der Waals surface area (Å²) >= 11 is 0. The number of nitrogens with one attached hydrogen (secondary N) is 8. The van der Waals surface area contributed by atoms with Crippen LogP contribution in [0.5, 0.6) is 0 Å². The zero-order chi connectivity index (χ0) is 57.4. The number of primary amides is 2. The van der Waals surface area contributed by atoms with E-state index in [1.54, 1.807) is 0 Å². The Morgan fingerprint density at radius 2 is 0.703 bits per heavy atom. The Morgan fingerprint density at radius 1 is 0.405 bits per heavy atom. The average molecular weight is 1060 g/mol. The molecule has 10 amide bonds. The van der Waals surface area contributed by atoms with Gasteiger partial charge in [0.1, 0.15) is 36.3 Å². The molecule has 24 N–H and O–H groups in total. The maximum atomic E-state index is 12.8. The van der Waals surface area contributed by atoms with Gasteiger partial charge in [0.25, 0.3) is 0 Å². The van der Waals surface area contributed by atoms with Crippen molar-refractivity contribution in [2.24, 2.45) is 34.4 Å². The quantitative estimate of drug-likeness (QED) is 0.0259. The van der Waals surface area contributed by atoms with Crippen molar-refractivity contribution >= 4 is 70.6 Å². The van der Waals surface area contributed by atoms with Crippen molar-refractivity contribution in [1.29, 1.82) is 0 Å². The molecule has 12 atom stereocenters. The molecule has 74 heavy (non-hydrogen) atoms. The standard InChI is InChI=1S/2C22H41N7O8/c2*1-11(30)18(12(2)31)29-21(36)15(7-8-16(25)33)27-22(37)19(13(3)32)28-17(34)10-26-20(35)14(24)6-4-5-9-23/h2*11,13-15,18-19,30,32H,4-10,23-24H2,1-3H3,(H2,25,33)(H,26,35)(H,27,37)(H,28,34)(H,29,36). The predicted molar refractivity (Wildman–Crippen MR) is 264 cm³/mol. The molecule has 0 saturated heterocycles. The zero-order valence-electron chi connectivity index (χ0n) is 43.0. The number of amides is 10. The monoisotopic (exact) mass is 1060 g/mol. The lowest BCUT2D eigenvalue weighted by Gasteiger charge is -2.26. The van der Waals surface area contributed by atoms with Crippen LogP contribution in [0.2, 0.25) is 0 Å². The normalized spacial score (nSPS) is 15.8. The predicted octanol–water partition coefficient (Wildman–Crippen LogP) is -8.74.